The van der Waals surface area contributed by atoms with Gasteiger partial charge in [0.1, 0.15) is 0 Å². The first-order chi connectivity index (χ1) is 6.28. The monoisotopic (exact) mass is 244 g/mol. The summed E-state index contributed by atoms with van der Waals surface area (Å²) < 4.78 is 44.2. The van der Waals surface area contributed by atoms with Crippen LogP contribution in [0, 0.1) is 0 Å². The molecule has 0 saturated heterocycles. The average Bonchev–Trinajstić information content (AvgIpc) is 2.02. The van der Waals surface area contributed by atoms with E-state index in [1.807, 2.05) is 0 Å². The molecule has 0 aliphatic rings. The Labute approximate surface area is 85.2 Å². The molecule has 1 atom stereocenters. The second-order valence-corrected chi connectivity index (χ2v) is 7.89. The fourth-order valence-corrected chi connectivity index (χ4v) is 4.30. The molecular weight excluding hydrogens is 227 g/mol. The molecule has 0 spiro atoms. The SMILES string of the molecule is CCOP(=O)(OCC)C(C)S(C)(=O)=O. The maximum absolute atomic E-state index is 11.9. The van der Waals surface area contributed by atoms with Gasteiger partial charge in [-0.05, 0) is 20.8 Å². The molecule has 0 heterocycles. The Morgan fingerprint density at radius 1 is 1.21 bits per heavy atom. The van der Waals surface area contributed by atoms with Crippen molar-refractivity contribution in [2.75, 3.05) is 19.5 Å². The van der Waals surface area contributed by atoms with E-state index in [4.69, 9.17) is 9.05 Å². The molecule has 1 unspecified atom stereocenters. The Hall–Kier alpha value is 0.100. The highest BCUT2D eigenvalue weighted by molar-refractivity contribution is 7.98. The largest absolute Gasteiger partial charge is 0.348 e. The zero-order valence-corrected chi connectivity index (χ0v) is 10.6. The van der Waals surface area contributed by atoms with Gasteiger partial charge >= 0.3 is 7.60 Å². The summed E-state index contributed by atoms with van der Waals surface area (Å²) in [5.41, 5.74) is 0. The summed E-state index contributed by atoms with van der Waals surface area (Å²) in [4.78, 5) is -1.12. The molecule has 0 aliphatic carbocycles. The van der Waals surface area contributed by atoms with E-state index < -0.39 is 22.4 Å². The standard InChI is InChI=1S/C7H17O5PS/c1-5-11-13(8,12-6-2)7(3)14(4,9)10/h7H,5-6H2,1-4H3. The lowest BCUT2D eigenvalue weighted by Crippen LogP contribution is -2.19. The lowest BCUT2D eigenvalue weighted by Gasteiger charge is -2.21. The van der Waals surface area contributed by atoms with Crippen LogP contribution in [-0.4, -0.2) is 32.9 Å². The minimum atomic E-state index is -3.52. The van der Waals surface area contributed by atoms with Crippen molar-refractivity contribution >= 4 is 17.4 Å². The quantitative estimate of drug-likeness (QED) is 0.664. The summed E-state index contributed by atoms with van der Waals surface area (Å²) in [7, 11) is -6.94. The van der Waals surface area contributed by atoms with E-state index in [0.29, 0.717) is 0 Å². The van der Waals surface area contributed by atoms with Crippen LogP contribution in [0.3, 0.4) is 0 Å². The summed E-state index contributed by atoms with van der Waals surface area (Å²) in [5, 5.41) is 0. The molecule has 0 saturated carbocycles. The van der Waals surface area contributed by atoms with Crippen LogP contribution in [0.25, 0.3) is 0 Å². The van der Waals surface area contributed by atoms with E-state index in [1.165, 1.54) is 6.92 Å². The Bertz CT molecular complexity index is 300. The first-order valence-electron chi connectivity index (χ1n) is 4.35. The smallest absolute Gasteiger partial charge is 0.308 e. The van der Waals surface area contributed by atoms with Gasteiger partial charge in [0, 0.05) is 6.26 Å². The fraction of sp³-hybridized carbons (Fsp3) is 1.00. The van der Waals surface area contributed by atoms with Crippen molar-refractivity contribution in [2.24, 2.45) is 0 Å². The molecule has 0 aliphatic heterocycles. The minimum absolute atomic E-state index is 0.164. The van der Waals surface area contributed by atoms with E-state index in [1.54, 1.807) is 13.8 Å². The normalized spacial score (nSPS) is 15.4. The predicted molar refractivity (Wildman–Crippen MR) is 55.2 cm³/mol. The van der Waals surface area contributed by atoms with Gasteiger partial charge < -0.3 is 9.05 Å². The average molecular weight is 244 g/mol. The molecule has 0 aromatic heterocycles. The Morgan fingerprint density at radius 3 is 1.79 bits per heavy atom. The summed E-state index contributed by atoms with van der Waals surface area (Å²) in [5.74, 6) is 0. The molecule has 14 heavy (non-hydrogen) atoms. The molecule has 7 heteroatoms. The van der Waals surface area contributed by atoms with Crippen LogP contribution in [0.1, 0.15) is 20.8 Å². The molecule has 0 fully saturated rings. The molecular formula is C7H17O5PS. The Balaban J connectivity index is 4.92. The maximum atomic E-state index is 11.9. The van der Waals surface area contributed by atoms with Crippen molar-refractivity contribution in [3.8, 4) is 0 Å². The van der Waals surface area contributed by atoms with Crippen LogP contribution < -0.4 is 0 Å². The van der Waals surface area contributed by atoms with E-state index in [-0.39, 0.29) is 13.2 Å². The van der Waals surface area contributed by atoms with Gasteiger partial charge in [-0.3, -0.25) is 4.57 Å². The lowest BCUT2D eigenvalue weighted by atomic mass is 10.9. The Kier molecular flexibility index (Phi) is 5.30. The highest BCUT2D eigenvalue weighted by atomic mass is 32.2. The van der Waals surface area contributed by atoms with Gasteiger partial charge in [-0.25, -0.2) is 8.42 Å². The van der Waals surface area contributed by atoms with Crippen molar-refractivity contribution in [1.29, 1.82) is 0 Å². The number of sulfone groups is 1. The second kappa shape index (κ2) is 5.26. The summed E-state index contributed by atoms with van der Waals surface area (Å²) in [6.07, 6.45) is 1.02. The van der Waals surface area contributed by atoms with Crippen LogP contribution >= 0.6 is 7.60 Å². The van der Waals surface area contributed by atoms with Crippen molar-refractivity contribution in [3.05, 3.63) is 0 Å². The number of hydrogen-bond donors (Lipinski definition) is 0. The van der Waals surface area contributed by atoms with E-state index in [9.17, 15) is 13.0 Å². The van der Waals surface area contributed by atoms with E-state index >= 15 is 0 Å². The van der Waals surface area contributed by atoms with Gasteiger partial charge in [0.25, 0.3) is 0 Å². The second-order valence-electron chi connectivity index (χ2n) is 2.80. The molecule has 86 valence electrons. The molecule has 0 amide bonds. The van der Waals surface area contributed by atoms with Gasteiger partial charge in [-0.2, -0.15) is 0 Å². The summed E-state index contributed by atoms with van der Waals surface area (Å²) in [6, 6.07) is 0. The third-order valence-electron chi connectivity index (χ3n) is 1.68. The topological polar surface area (TPSA) is 69.7 Å². The lowest BCUT2D eigenvalue weighted by molar-refractivity contribution is 0.218. The first-order valence-corrected chi connectivity index (χ1v) is 7.92. The van der Waals surface area contributed by atoms with Crippen LogP contribution in [0.2, 0.25) is 0 Å². The molecule has 0 radical (unpaired) electrons. The number of rotatable bonds is 6. The third-order valence-corrected chi connectivity index (χ3v) is 6.97. The third kappa shape index (κ3) is 3.69. The molecule has 0 aromatic rings. The van der Waals surface area contributed by atoms with Gasteiger partial charge in [-0.15, -0.1) is 0 Å². The summed E-state index contributed by atoms with van der Waals surface area (Å²) in [6.45, 7) is 4.94. The maximum Gasteiger partial charge on any atom is 0.348 e. The number of hydrogen-bond acceptors (Lipinski definition) is 5. The van der Waals surface area contributed by atoms with Crippen molar-refractivity contribution in [3.63, 3.8) is 0 Å². The van der Waals surface area contributed by atoms with Crippen molar-refractivity contribution in [2.45, 2.75) is 25.8 Å². The highest BCUT2D eigenvalue weighted by Crippen LogP contribution is 2.54. The van der Waals surface area contributed by atoms with Gasteiger partial charge in [0.05, 0.1) is 13.2 Å². The zero-order chi connectivity index (χ0) is 11.4. The molecule has 0 rings (SSSR count). The van der Waals surface area contributed by atoms with Crippen LogP contribution in [0.4, 0.5) is 0 Å². The van der Waals surface area contributed by atoms with Crippen molar-refractivity contribution < 1.29 is 22.0 Å². The molecule has 0 aromatic carbocycles. The fourth-order valence-electron chi connectivity index (χ4n) is 0.842. The van der Waals surface area contributed by atoms with Crippen LogP contribution in [0.5, 0.6) is 0 Å². The van der Waals surface area contributed by atoms with E-state index in [2.05, 4.69) is 0 Å². The van der Waals surface area contributed by atoms with Gasteiger partial charge in [0.2, 0.25) is 0 Å². The van der Waals surface area contributed by atoms with Gasteiger partial charge in [0.15, 0.2) is 14.8 Å². The van der Waals surface area contributed by atoms with Crippen LogP contribution in [-0.2, 0) is 23.4 Å². The van der Waals surface area contributed by atoms with E-state index in [0.717, 1.165) is 6.26 Å². The summed E-state index contributed by atoms with van der Waals surface area (Å²) >= 11 is 0. The highest BCUT2D eigenvalue weighted by Gasteiger charge is 2.38. The predicted octanol–water partition coefficient (Wildman–Crippen LogP) is 1.64. The minimum Gasteiger partial charge on any atom is -0.308 e. The van der Waals surface area contributed by atoms with Crippen LogP contribution in [0.15, 0.2) is 0 Å². The Morgan fingerprint density at radius 2 is 1.57 bits per heavy atom. The first kappa shape index (κ1) is 14.1. The molecule has 0 bridgehead atoms. The van der Waals surface area contributed by atoms with Crippen molar-refractivity contribution in [1.82, 2.24) is 0 Å². The van der Waals surface area contributed by atoms with Gasteiger partial charge in [-0.1, -0.05) is 0 Å². The molecule has 5 nitrogen and oxygen atoms in total. The zero-order valence-electron chi connectivity index (χ0n) is 8.89. The molecule has 0 N–H and O–H groups in total.